The number of phenolic OH excluding ortho intramolecular Hbond substituents is 2. The molecule has 2 unspecified atom stereocenters. The summed E-state index contributed by atoms with van der Waals surface area (Å²) in [5.74, 6) is -1.69. The zero-order valence-corrected chi connectivity index (χ0v) is 31.0. The van der Waals surface area contributed by atoms with Crippen LogP contribution in [0.5, 0.6) is 11.5 Å². The third-order valence-corrected chi connectivity index (χ3v) is 10.9. The SMILES string of the molecule is CCC(Cc1cc(C(C)(C)C)c(O)c(C(C)(C)C)c1)(SC(CC)(Cc1cc(C(C)(C)C)c(O)c(C(C)(C)C)c1)C(=O)O)C(=O)O. The van der Waals surface area contributed by atoms with Crippen molar-refractivity contribution in [3.8, 4) is 11.5 Å². The van der Waals surface area contributed by atoms with Crippen molar-refractivity contribution < 1.29 is 30.0 Å². The first kappa shape index (κ1) is 38.5. The van der Waals surface area contributed by atoms with Gasteiger partial charge in [0.15, 0.2) is 0 Å². The smallest absolute Gasteiger partial charge is 0.320 e. The summed E-state index contributed by atoms with van der Waals surface area (Å²) in [6, 6.07) is 7.55. The highest BCUT2D eigenvalue weighted by molar-refractivity contribution is 8.03. The van der Waals surface area contributed by atoms with Crippen LogP contribution in [-0.2, 0) is 44.1 Å². The van der Waals surface area contributed by atoms with Crippen LogP contribution in [0.4, 0.5) is 0 Å². The molecule has 7 heteroatoms. The van der Waals surface area contributed by atoms with E-state index in [1.165, 1.54) is 0 Å². The van der Waals surface area contributed by atoms with Crippen molar-refractivity contribution in [2.24, 2.45) is 0 Å². The van der Waals surface area contributed by atoms with Crippen LogP contribution in [0.1, 0.15) is 143 Å². The Morgan fingerprint density at radius 2 is 0.756 bits per heavy atom. The first-order chi connectivity index (χ1) is 20.1. The molecule has 0 radical (unpaired) electrons. The van der Waals surface area contributed by atoms with Crippen molar-refractivity contribution in [1.29, 1.82) is 0 Å². The zero-order valence-electron chi connectivity index (χ0n) is 30.2. The largest absolute Gasteiger partial charge is 0.507 e. The van der Waals surface area contributed by atoms with E-state index in [0.29, 0.717) is 0 Å². The van der Waals surface area contributed by atoms with Crippen molar-refractivity contribution in [3.05, 3.63) is 57.6 Å². The fourth-order valence-electron chi connectivity index (χ4n) is 5.92. The lowest BCUT2D eigenvalue weighted by molar-refractivity contribution is -0.140. The standard InChI is InChI=1S/C38H58O6S/c1-15-37(31(41)42,21-23-17-25(33(3,4)5)29(39)26(18-23)34(6,7)8)45-38(16-2,32(43)44)22-24-19-27(35(9,10)11)30(40)28(20-24)36(12,13)14/h17-20,39-40H,15-16,21-22H2,1-14H3,(H,41,42)(H,43,44). The van der Waals surface area contributed by atoms with Crippen molar-refractivity contribution in [3.63, 3.8) is 0 Å². The Kier molecular flexibility index (Phi) is 11.0. The fraction of sp³-hybridized carbons (Fsp3) is 0.632. The van der Waals surface area contributed by atoms with Gasteiger partial charge in [-0.1, -0.05) is 121 Å². The zero-order chi connectivity index (χ0) is 35.1. The van der Waals surface area contributed by atoms with E-state index in [1.54, 1.807) is 13.8 Å². The summed E-state index contributed by atoms with van der Waals surface area (Å²) >= 11 is 1.03. The number of aromatic hydroxyl groups is 2. The summed E-state index contributed by atoms with van der Waals surface area (Å²) in [7, 11) is 0. The van der Waals surface area contributed by atoms with Gasteiger partial charge in [-0.05, 0) is 80.7 Å². The topological polar surface area (TPSA) is 115 Å². The normalized spacial score (nSPS) is 15.8. The number of hydrogen-bond acceptors (Lipinski definition) is 5. The number of carbonyl (C=O) groups is 2. The van der Waals surface area contributed by atoms with E-state index in [1.807, 2.05) is 107 Å². The van der Waals surface area contributed by atoms with Crippen molar-refractivity contribution in [1.82, 2.24) is 0 Å². The molecule has 0 heterocycles. The molecule has 2 atom stereocenters. The van der Waals surface area contributed by atoms with E-state index in [2.05, 4.69) is 0 Å². The van der Waals surface area contributed by atoms with Gasteiger partial charge in [0.25, 0.3) is 0 Å². The van der Waals surface area contributed by atoms with Gasteiger partial charge >= 0.3 is 11.9 Å². The maximum atomic E-state index is 13.3. The van der Waals surface area contributed by atoms with Gasteiger partial charge in [-0.2, -0.15) is 0 Å². The maximum Gasteiger partial charge on any atom is 0.320 e. The van der Waals surface area contributed by atoms with E-state index in [9.17, 15) is 30.0 Å². The molecule has 0 aromatic heterocycles. The second-order valence-electron chi connectivity index (χ2n) is 16.8. The molecule has 0 aliphatic carbocycles. The quantitative estimate of drug-likeness (QED) is 0.204. The lowest BCUT2D eigenvalue weighted by Crippen LogP contribution is -2.47. The molecule has 0 aliphatic rings. The number of benzene rings is 2. The maximum absolute atomic E-state index is 13.3. The average Bonchev–Trinajstić information content (AvgIpc) is 2.86. The van der Waals surface area contributed by atoms with Crippen LogP contribution < -0.4 is 0 Å². The van der Waals surface area contributed by atoms with Gasteiger partial charge in [0.2, 0.25) is 0 Å². The Bertz CT molecular complexity index is 1240. The van der Waals surface area contributed by atoms with E-state index in [-0.39, 0.29) is 37.2 Å². The number of carboxylic acid groups (broad SMARTS) is 2. The minimum atomic E-state index is -1.45. The molecular weight excluding hydrogens is 584 g/mol. The van der Waals surface area contributed by atoms with Crippen molar-refractivity contribution >= 4 is 23.7 Å². The number of hydrogen-bond donors (Lipinski definition) is 4. The van der Waals surface area contributed by atoms with Crippen LogP contribution >= 0.6 is 11.8 Å². The minimum Gasteiger partial charge on any atom is -0.507 e. The molecule has 0 amide bonds. The van der Waals surface area contributed by atoms with Crippen LogP contribution in [0, 0.1) is 0 Å². The monoisotopic (exact) mass is 642 g/mol. The predicted molar refractivity (Wildman–Crippen MR) is 187 cm³/mol. The van der Waals surface area contributed by atoms with Gasteiger partial charge < -0.3 is 20.4 Å². The highest BCUT2D eigenvalue weighted by atomic mass is 32.2. The highest BCUT2D eigenvalue weighted by Crippen LogP contribution is 2.49. The molecule has 4 N–H and O–H groups in total. The molecule has 0 bridgehead atoms. The molecule has 45 heavy (non-hydrogen) atoms. The number of carboxylic acids is 2. The van der Waals surface area contributed by atoms with Gasteiger partial charge in [-0.15, -0.1) is 11.8 Å². The Morgan fingerprint density at radius 3 is 0.911 bits per heavy atom. The molecule has 2 aromatic carbocycles. The summed E-state index contributed by atoms with van der Waals surface area (Å²) in [5.41, 5.74) is 2.87. The number of thioether (sulfide) groups is 1. The van der Waals surface area contributed by atoms with Crippen LogP contribution in [0.2, 0.25) is 0 Å². The molecule has 0 fully saturated rings. The second-order valence-corrected chi connectivity index (χ2v) is 18.6. The van der Waals surface area contributed by atoms with Gasteiger partial charge in [-0.3, -0.25) is 9.59 Å². The average molecular weight is 643 g/mol. The van der Waals surface area contributed by atoms with Crippen LogP contribution in [0.25, 0.3) is 0 Å². The van der Waals surface area contributed by atoms with E-state index in [4.69, 9.17) is 0 Å². The minimum absolute atomic E-state index is 0.0982. The molecule has 2 aromatic rings. The van der Waals surface area contributed by atoms with Gasteiger partial charge in [0.05, 0.1) is 0 Å². The highest BCUT2D eigenvalue weighted by Gasteiger charge is 2.50. The first-order valence-corrected chi connectivity index (χ1v) is 16.9. The Hall–Kier alpha value is -2.67. The number of phenols is 2. The molecule has 0 aliphatic heterocycles. The van der Waals surface area contributed by atoms with E-state index in [0.717, 1.165) is 45.1 Å². The summed E-state index contributed by atoms with van der Waals surface area (Å²) < 4.78 is -2.90. The first-order valence-electron chi connectivity index (χ1n) is 16.1. The fourth-order valence-corrected chi connectivity index (χ4v) is 7.61. The van der Waals surface area contributed by atoms with Crippen LogP contribution in [-0.4, -0.2) is 41.9 Å². The van der Waals surface area contributed by atoms with Gasteiger partial charge in [0, 0.05) is 0 Å². The Balaban J connectivity index is 2.82. The van der Waals surface area contributed by atoms with E-state index >= 15 is 0 Å². The summed E-state index contributed by atoms with van der Waals surface area (Å²) in [6.45, 7) is 27.8. The lowest BCUT2D eigenvalue weighted by Gasteiger charge is -2.39. The van der Waals surface area contributed by atoms with Gasteiger partial charge in [-0.25, -0.2) is 0 Å². The summed E-state index contributed by atoms with van der Waals surface area (Å²) in [4.78, 5) is 26.6. The van der Waals surface area contributed by atoms with Crippen LogP contribution in [0.3, 0.4) is 0 Å². The summed E-state index contributed by atoms with van der Waals surface area (Å²) in [6.07, 6.45) is 0.603. The molecule has 0 saturated carbocycles. The third kappa shape index (κ3) is 8.38. The molecule has 2 rings (SSSR count). The lowest BCUT2D eigenvalue weighted by atomic mass is 9.77. The molecule has 6 nitrogen and oxygen atoms in total. The second kappa shape index (κ2) is 12.8. The number of aliphatic carboxylic acids is 2. The Morgan fingerprint density at radius 1 is 0.533 bits per heavy atom. The number of rotatable bonds is 10. The molecular formula is C38H58O6S. The predicted octanol–water partition coefficient (Wildman–Crippen LogP) is 9.27. The van der Waals surface area contributed by atoms with Crippen molar-refractivity contribution in [2.45, 2.75) is 154 Å². The van der Waals surface area contributed by atoms with E-state index < -0.39 is 43.1 Å². The molecule has 0 spiro atoms. The molecule has 252 valence electrons. The molecule has 0 saturated heterocycles. The van der Waals surface area contributed by atoms with Gasteiger partial charge in [0.1, 0.15) is 21.0 Å². The van der Waals surface area contributed by atoms with Crippen molar-refractivity contribution in [2.75, 3.05) is 0 Å². The Labute approximate surface area is 276 Å². The van der Waals surface area contributed by atoms with Crippen LogP contribution in [0.15, 0.2) is 24.3 Å². The third-order valence-electron chi connectivity index (χ3n) is 8.86. The summed E-state index contributed by atoms with van der Waals surface area (Å²) in [5, 5.41) is 44.2.